The maximum atomic E-state index is 5.26. The van der Waals surface area contributed by atoms with Crippen molar-refractivity contribution >= 4 is 41.7 Å². The summed E-state index contributed by atoms with van der Waals surface area (Å²) in [5.74, 6) is 2.14. The van der Waals surface area contributed by atoms with E-state index >= 15 is 0 Å². The van der Waals surface area contributed by atoms with Gasteiger partial charge in [-0.05, 0) is 39.4 Å². The van der Waals surface area contributed by atoms with Gasteiger partial charge in [0.15, 0.2) is 5.96 Å². The van der Waals surface area contributed by atoms with Gasteiger partial charge < -0.3 is 15.2 Å². The van der Waals surface area contributed by atoms with Gasteiger partial charge in [0.05, 0.1) is 5.69 Å². The SMILES string of the molecule is CN=C(NCC(C)c1c(C)noc1C)NC1CCC(SC)C1.I. The first kappa shape index (κ1) is 20.6. The lowest BCUT2D eigenvalue weighted by Crippen LogP contribution is -2.43. The molecule has 0 aromatic carbocycles. The van der Waals surface area contributed by atoms with Crippen LogP contribution in [0.2, 0.25) is 0 Å². The average Bonchev–Trinajstić information content (AvgIpc) is 3.09. The van der Waals surface area contributed by atoms with Gasteiger partial charge in [-0.25, -0.2) is 0 Å². The van der Waals surface area contributed by atoms with Crippen LogP contribution in [0.5, 0.6) is 0 Å². The van der Waals surface area contributed by atoms with Crippen LogP contribution in [-0.4, -0.2) is 42.3 Å². The van der Waals surface area contributed by atoms with Gasteiger partial charge in [0.2, 0.25) is 0 Å². The summed E-state index contributed by atoms with van der Waals surface area (Å²) < 4.78 is 5.26. The molecule has 7 heteroatoms. The summed E-state index contributed by atoms with van der Waals surface area (Å²) >= 11 is 1.97. The summed E-state index contributed by atoms with van der Waals surface area (Å²) in [5.41, 5.74) is 2.18. The number of aromatic nitrogens is 1. The summed E-state index contributed by atoms with van der Waals surface area (Å²) in [5, 5.41) is 11.8. The first-order valence-electron chi connectivity index (χ1n) is 7.97. The lowest BCUT2D eigenvalue weighted by Gasteiger charge is -2.19. The molecular formula is C16H29IN4OS. The number of guanidine groups is 1. The molecule has 0 radical (unpaired) electrons. The van der Waals surface area contributed by atoms with E-state index in [0.717, 1.165) is 29.2 Å². The van der Waals surface area contributed by atoms with Crippen LogP contribution in [0, 0.1) is 13.8 Å². The van der Waals surface area contributed by atoms with Crippen molar-refractivity contribution in [2.24, 2.45) is 4.99 Å². The molecule has 1 aromatic heterocycles. The predicted octanol–water partition coefficient (Wildman–Crippen LogP) is 3.46. The Bertz CT molecular complexity index is 501. The molecule has 1 heterocycles. The van der Waals surface area contributed by atoms with Crippen molar-refractivity contribution < 1.29 is 4.52 Å². The molecule has 1 aliphatic carbocycles. The summed E-state index contributed by atoms with van der Waals surface area (Å²) in [6, 6.07) is 0.540. The van der Waals surface area contributed by atoms with Crippen LogP contribution >= 0.6 is 35.7 Å². The fourth-order valence-electron chi connectivity index (χ4n) is 3.22. The van der Waals surface area contributed by atoms with Crippen LogP contribution in [-0.2, 0) is 0 Å². The van der Waals surface area contributed by atoms with E-state index < -0.39 is 0 Å². The normalized spacial score (nSPS) is 22.6. The number of halogens is 1. The number of rotatable bonds is 5. The second kappa shape index (κ2) is 9.76. The number of thioether (sulfide) groups is 1. The number of nitrogens with one attached hydrogen (secondary N) is 2. The molecular weight excluding hydrogens is 423 g/mol. The molecule has 5 nitrogen and oxygen atoms in total. The van der Waals surface area contributed by atoms with Gasteiger partial charge in [-0.3, -0.25) is 4.99 Å². The van der Waals surface area contributed by atoms with Crippen molar-refractivity contribution in [3.05, 3.63) is 17.0 Å². The number of aryl methyl sites for hydroxylation is 2. The Morgan fingerprint density at radius 1 is 1.43 bits per heavy atom. The van der Waals surface area contributed by atoms with Gasteiger partial charge >= 0.3 is 0 Å². The Balaban J connectivity index is 0.00000264. The van der Waals surface area contributed by atoms with Gasteiger partial charge in [-0.15, -0.1) is 24.0 Å². The van der Waals surface area contributed by atoms with Crippen LogP contribution in [0.3, 0.4) is 0 Å². The van der Waals surface area contributed by atoms with E-state index in [4.69, 9.17) is 4.52 Å². The molecule has 132 valence electrons. The van der Waals surface area contributed by atoms with Gasteiger partial charge in [-0.2, -0.15) is 11.8 Å². The monoisotopic (exact) mass is 452 g/mol. The molecule has 23 heavy (non-hydrogen) atoms. The first-order chi connectivity index (χ1) is 10.5. The van der Waals surface area contributed by atoms with E-state index in [1.807, 2.05) is 32.7 Å². The highest BCUT2D eigenvalue weighted by atomic mass is 127. The highest BCUT2D eigenvalue weighted by molar-refractivity contribution is 14.0. The number of hydrogen-bond acceptors (Lipinski definition) is 4. The molecule has 0 bridgehead atoms. The van der Waals surface area contributed by atoms with Gasteiger partial charge in [-0.1, -0.05) is 12.1 Å². The zero-order valence-corrected chi connectivity index (χ0v) is 17.8. The Morgan fingerprint density at radius 3 is 2.70 bits per heavy atom. The fraction of sp³-hybridized carbons (Fsp3) is 0.750. The third-order valence-corrected chi connectivity index (χ3v) is 5.53. The van der Waals surface area contributed by atoms with E-state index in [-0.39, 0.29) is 24.0 Å². The van der Waals surface area contributed by atoms with Crippen molar-refractivity contribution in [3.8, 4) is 0 Å². The van der Waals surface area contributed by atoms with Gasteiger partial charge in [0.25, 0.3) is 0 Å². The standard InChI is InChI=1S/C16H28N4OS.HI/c1-10(15-11(2)20-21-12(15)3)9-18-16(17-4)19-13-6-7-14(8-13)22-5;/h10,13-14H,6-9H2,1-5H3,(H2,17,18,19);1H. The molecule has 0 spiro atoms. The van der Waals surface area contributed by atoms with Crippen molar-refractivity contribution in [2.75, 3.05) is 19.8 Å². The van der Waals surface area contributed by atoms with E-state index in [2.05, 4.69) is 34.0 Å². The van der Waals surface area contributed by atoms with Gasteiger partial charge in [0.1, 0.15) is 5.76 Å². The summed E-state index contributed by atoms with van der Waals surface area (Å²) in [4.78, 5) is 4.35. The third-order valence-electron chi connectivity index (χ3n) is 4.44. The second-order valence-electron chi connectivity index (χ2n) is 6.10. The lowest BCUT2D eigenvalue weighted by atomic mass is 10.00. The number of hydrogen-bond donors (Lipinski definition) is 2. The summed E-state index contributed by atoms with van der Waals surface area (Å²) in [7, 11) is 1.83. The van der Waals surface area contributed by atoms with Crippen LogP contribution in [0.15, 0.2) is 9.52 Å². The molecule has 1 saturated carbocycles. The van der Waals surface area contributed by atoms with Crippen molar-refractivity contribution in [1.82, 2.24) is 15.8 Å². The number of aliphatic imine (C=N–C) groups is 1. The Morgan fingerprint density at radius 2 is 2.17 bits per heavy atom. The number of nitrogens with zero attached hydrogens (tertiary/aromatic N) is 2. The minimum atomic E-state index is 0. The molecule has 3 atom stereocenters. The zero-order chi connectivity index (χ0) is 16.1. The molecule has 1 aliphatic rings. The van der Waals surface area contributed by atoms with Crippen LogP contribution in [0.4, 0.5) is 0 Å². The Labute approximate surface area is 160 Å². The molecule has 1 aromatic rings. The maximum Gasteiger partial charge on any atom is 0.191 e. The lowest BCUT2D eigenvalue weighted by molar-refractivity contribution is 0.391. The van der Waals surface area contributed by atoms with Crippen LogP contribution in [0.1, 0.15) is 49.1 Å². The topological polar surface area (TPSA) is 62.5 Å². The minimum absolute atomic E-state index is 0. The maximum absolute atomic E-state index is 5.26. The average molecular weight is 452 g/mol. The van der Waals surface area contributed by atoms with Crippen LogP contribution < -0.4 is 10.6 Å². The van der Waals surface area contributed by atoms with Crippen molar-refractivity contribution in [1.29, 1.82) is 0 Å². The van der Waals surface area contributed by atoms with E-state index in [9.17, 15) is 0 Å². The van der Waals surface area contributed by atoms with E-state index in [1.165, 1.54) is 24.8 Å². The molecule has 2 N–H and O–H groups in total. The zero-order valence-electron chi connectivity index (χ0n) is 14.7. The molecule has 0 saturated heterocycles. The third kappa shape index (κ3) is 5.55. The minimum Gasteiger partial charge on any atom is -0.361 e. The highest BCUT2D eigenvalue weighted by Gasteiger charge is 2.24. The molecule has 0 amide bonds. The summed E-state index contributed by atoms with van der Waals surface area (Å²) in [6.45, 7) is 6.98. The van der Waals surface area contributed by atoms with E-state index in [0.29, 0.717) is 12.0 Å². The fourth-order valence-corrected chi connectivity index (χ4v) is 4.02. The Kier molecular flexibility index (Phi) is 8.74. The molecule has 1 fully saturated rings. The molecule has 0 aliphatic heterocycles. The quantitative estimate of drug-likeness (QED) is 0.407. The second-order valence-corrected chi connectivity index (χ2v) is 7.24. The van der Waals surface area contributed by atoms with E-state index in [1.54, 1.807) is 0 Å². The first-order valence-corrected chi connectivity index (χ1v) is 9.26. The van der Waals surface area contributed by atoms with Crippen LogP contribution in [0.25, 0.3) is 0 Å². The molecule has 2 rings (SSSR count). The highest BCUT2D eigenvalue weighted by Crippen LogP contribution is 2.28. The van der Waals surface area contributed by atoms with Crippen molar-refractivity contribution in [3.63, 3.8) is 0 Å². The summed E-state index contributed by atoms with van der Waals surface area (Å²) in [6.07, 6.45) is 5.95. The predicted molar refractivity (Wildman–Crippen MR) is 109 cm³/mol. The van der Waals surface area contributed by atoms with Gasteiger partial charge in [0, 0.05) is 36.4 Å². The molecule has 3 unspecified atom stereocenters. The van der Waals surface area contributed by atoms with Crippen molar-refractivity contribution in [2.45, 2.75) is 57.2 Å². The smallest absolute Gasteiger partial charge is 0.191 e. The largest absolute Gasteiger partial charge is 0.361 e. The Hall–Kier alpha value is -0.440.